The van der Waals surface area contributed by atoms with Crippen molar-refractivity contribution in [2.45, 2.75) is 11.8 Å². The maximum Gasteiger partial charge on any atom is 0.340 e. The number of hydrogen-bond acceptors (Lipinski definition) is 5. The lowest BCUT2D eigenvalue weighted by molar-refractivity contribution is -0.136. The highest BCUT2D eigenvalue weighted by Crippen LogP contribution is 2.25. The minimum absolute atomic E-state index is 0.191. The van der Waals surface area contributed by atoms with Gasteiger partial charge in [0.15, 0.2) is 9.84 Å². The van der Waals surface area contributed by atoms with Crippen molar-refractivity contribution in [1.29, 1.82) is 0 Å². The molecule has 0 heterocycles. The van der Waals surface area contributed by atoms with Crippen LogP contribution >= 0.6 is 0 Å². The lowest BCUT2D eigenvalue weighted by atomic mass is 10.00. The molecule has 0 spiro atoms. The molecule has 126 valence electrons. The summed E-state index contributed by atoms with van der Waals surface area (Å²) in [6, 6.07) is 15.1. The summed E-state index contributed by atoms with van der Waals surface area (Å²) in [5.74, 6) is -0.520. The van der Waals surface area contributed by atoms with E-state index in [1.54, 1.807) is 43.3 Å². The zero-order chi connectivity index (χ0) is 17.7. The fraction of sp³-hybridized carbons (Fsp3) is 0.167. The molecule has 5 nitrogen and oxygen atoms in total. The SMILES string of the molecule is CCOC(=O)C(=C(N)c1ccc(S(C)(=O)=O)cc1)c1ccccc1. The van der Waals surface area contributed by atoms with Crippen molar-refractivity contribution < 1.29 is 17.9 Å². The van der Waals surface area contributed by atoms with Crippen LogP contribution in [-0.4, -0.2) is 27.2 Å². The van der Waals surface area contributed by atoms with Crippen LogP contribution in [0.25, 0.3) is 11.3 Å². The molecule has 0 aliphatic rings. The first kappa shape index (κ1) is 17.7. The summed E-state index contributed by atoms with van der Waals surface area (Å²) in [6.07, 6.45) is 1.13. The van der Waals surface area contributed by atoms with Gasteiger partial charge in [-0.05, 0) is 30.2 Å². The van der Waals surface area contributed by atoms with Gasteiger partial charge >= 0.3 is 5.97 Å². The second kappa shape index (κ2) is 7.31. The number of ether oxygens (including phenoxy) is 1. The van der Waals surface area contributed by atoms with Crippen molar-refractivity contribution in [3.63, 3.8) is 0 Å². The molecular weight excluding hydrogens is 326 g/mol. The maximum atomic E-state index is 12.3. The van der Waals surface area contributed by atoms with E-state index in [1.165, 1.54) is 12.1 Å². The molecule has 0 fully saturated rings. The minimum atomic E-state index is -3.29. The number of benzene rings is 2. The first-order valence-electron chi connectivity index (χ1n) is 7.37. The van der Waals surface area contributed by atoms with Crippen LogP contribution in [-0.2, 0) is 19.4 Å². The molecule has 0 saturated carbocycles. The van der Waals surface area contributed by atoms with Gasteiger partial charge in [0.2, 0.25) is 0 Å². The highest BCUT2D eigenvalue weighted by atomic mass is 32.2. The molecule has 2 N–H and O–H groups in total. The molecule has 0 atom stereocenters. The largest absolute Gasteiger partial charge is 0.462 e. The molecule has 0 unspecified atom stereocenters. The van der Waals surface area contributed by atoms with E-state index in [2.05, 4.69) is 0 Å². The quantitative estimate of drug-likeness (QED) is 0.511. The van der Waals surface area contributed by atoms with Crippen LogP contribution in [0.2, 0.25) is 0 Å². The van der Waals surface area contributed by atoms with Crippen molar-refractivity contribution in [3.05, 3.63) is 65.7 Å². The summed E-state index contributed by atoms with van der Waals surface area (Å²) < 4.78 is 28.2. The molecule has 0 aromatic heterocycles. The fourth-order valence-corrected chi connectivity index (χ4v) is 2.85. The van der Waals surface area contributed by atoms with E-state index in [9.17, 15) is 13.2 Å². The van der Waals surface area contributed by atoms with Gasteiger partial charge < -0.3 is 10.5 Å². The standard InChI is InChI=1S/C18H19NO4S/c1-3-23-18(20)16(13-7-5-4-6-8-13)17(19)14-9-11-15(12-10-14)24(2,21)22/h4-12H,3,19H2,1-2H3. The number of sulfone groups is 1. The average Bonchev–Trinajstić information content (AvgIpc) is 2.55. The van der Waals surface area contributed by atoms with E-state index in [1.807, 2.05) is 6.07 Å². The van der Waals surface area contributed by atoms with Crippen LogP contribution in [0.4, 0.5) is 0 Å². The Morgan fingerprint density at radius 2 is 1.58 bits per heavy atom. The van der Waals surface area contributed by atoms with Crippen LogP contribution < -0.4 is 5.73 Å². The molecule has 2 aromatic carbocycles. The molecule has 0 amide bonds. The normalized spacial score (nSPS) is 12.4. The predicted octanol–water partition coefficient (Wildman–Crippen LogP) is 2.48. The van der Waals surface area contributed by atoms with Gasteiger partial charge in [-0.2, -0.15) is 0 Å². The van der Waals surface area contributed by atoms with Crippen LogP contribution in [0.15, 0.2) is 59.5 Å². The summed E-state index contributed by atoms with van der Waals surface area (Å²) >= 11 is 0. The first-order chi connectivity index (χ1) is 11.3. The Hall–Kier alpha value is -2.60. The van der Waals surface area contributed by atoms with E-state index in [4.69, 9.17) is 10.5 Å². The third-order valence-corrected chi connectivity index (χ3v) is 4.53. The molecule has 0 aliphatic carbocycles. The van der Waals surface area contributed by atoms with Crippen LogP contribution in [0.5, 0.6) is 0 Å². The molecule has 0 bridgehead atoms. The van der Waals surface area contributed by atoms with Gasteiger partial charge in [-0.3, -0.25) is 0 Å². The number of nitrogens with two attached hydrogens (primary N) is 1. The van der Waals surface area contributed by atoms with Gasteiger partial charge in [-0.25, -0.2) is 13.2 Å². The minimum Gasteiger partial charge on any atom is -0.462 e. The van der Waals surface area contributed by atoms with E-state index < -0.39 is 15.8 Å². The monoisotopic (exact) mass is 345 g/mol. The molecule has 24 heavy (non-hydrogen) atoms. The topological polar surface area (TPSA) is 86.5 Å². The van der Waals surface area contributed by atoms with Crippen molar-refractivity contribution in [1.82, 2.24) is 0 Å². The van der Waals surface area contributed by atoms with Gasteiger partial charge in [0, 0.05) is 6.26 Å². The lowest BCUT2D eigenvalue weighted by Crippen LogP contribution is -2.13. The van der Waals surface area contributed by atoms with E-state index in [0.717, 1.165) is 6.26 Å². The zero-order valence-corrected chi connectivity index (χ0v) is 14.3. The van der Waals surface area contributed by atoms with Crippen molar-refractivity contribution in [2.24, 2.45) is 5.73 Å². The van der Waals surface area contributed by atoms with E-state index in [-0.39, 0.29) is 22.8 Å². The van der Waals surface area contributed by atoms with Gasteiger partial charge in [0.05, 0.1) is 22.8 Å². The second-order valence-electron chi connectivity index (χ2n) is 5.17. The summed E-state index contributed by atoms with van der Waals surface area (Å²) in [5, 5.41) is 0. The average molecular weight is 345 g/mol. The van der Waals surface area contributed by atoms with Gasteiger partial charge in [-0.15, -0.1) is 0 Å². The van der Waals surface area contributed by atoms with E-state index in [0.29, 0.717) is 11.1 Å². The third-order valence-electron chi connectivity index (χ3n) is 3.40. The Kier molecular flexibility index (Phi) is 5.41. The van der Waals surface area contributed by atoms with Gasteiger partial charge in [-0.1, -0.05) is 42.5 Å². The molecule has 2 rings (SSSR count). The van der Waals surface area contributed by atoms with Gasteiger partial charge in [0.25, 0.3) is 0 Å². The lowest BCUT2D eigenvalue weighted by Gasteiger charge is -2.12. The molecule has 6 heteroatoms. The summed E-state index contributed by atoms with van der Waals surface area (Å²) in [5.41, 5.74) is 7.87. The molecule has 0 saturated heterocycles. The highest BCUT2D eigenvalue weighted by Gasteiger charge is 2.18. The second-order valence-corrected chi connectivity index (χ2v) is 7.19. The number of hydrogen-bond donors (Lipinski definition) is 1. The summed E-state index contributed by atoms with van der Waals surface area (Å²) in [7, 11) is -3.29. The van der Waals surface area contributed by atoms with Crippen LogP contribution in [0, 0.1) is 0 Å². The number of rotatable bonds is 5. The number of esters is 1. The molecule has 0 radical (unpaired) electrons. The Bertz CT molecular complexity index is 854. The Labute approximate surface area is 141 Å². The first-order valence-corrected chi connectivity index (χ1v) is 9.26. The zero-order valence-electron chi connectivity index (χ0n) is 13.5. The third kappa shape index (κ3) is 4.02. The van der Waals surface area contributed by atoms with Crippen LogP contribution in [0.3, 0.4) is 0 Å². The van der Waals surface area contributed by atoms with Crippen LogP contribution in [0.1, 0.15) is 18.1 Å². The number of carbonyl (C=O) groups excluding carboxylic acids is 1. The fourth-order valence-electron chi connectivity index (χ4n) is 2.22. The van der Waals surface area contributed by atoms with Crippen molar-refractivity contribution >= 4 is 27.1 Å². The Balaban J connectivity index is 2.55. The van der Waals surface area contributed by atoms with E-state index >= 15 is 0 Å². The molecule has 2 aromatic rings. The Morgan fingerprint density at radius 1 is 1.00 bits per heavy atom. The van der Waals surface area contributed by atoms with Crippen molar-refractivity contribution in [3.8, 4) is 0 Å². The van der Waals surface area contributed by atoms with Crippen molar-refractivity contribution in [2.75, 3.05) is 12.9 Å². The maximum absolute atomic E-state index is 12.3. The summed E-state index contributed by atoms with van der Waals surface area (Å²) in [4.78, 5) is 12.5. The molecule has 0 aliphatic heterocycles. The van der Waals surface area contributed by atoms with Gasteiger partial charge in [0.1, 0.15) is 0 Å². The summed E-state index contributed by atoms with van der Waals surface area (Å²) in [6.45, 7) is 1.95. The smallest absolute Gasteiger partial charge is 0.340 e. The number of carbonyl (C=O) groups is 1. The highest BCUT2D eigenvalue weighted by molar-refractivity contribution is 7.90. The Morgan fingerprint density at radius 3 is 2.08 bits per heavy atom. The molecular formula is C18H19NO4S. The predicted molar refractivity (Wildman–Crippen MR) is 93.6 cm³/mol.